The van der Waals surface area contributed by atoms with Crippen molar-refractivity contribution in [3.63, 3.8) is 0 Å². The second kappa shape index (κ2) is 7.38. The van der Waals surface area contributed by atoms with Crippen LogP contribution in [0.25, 0.3) is 0 Å². The smallest absolute Gasteiger partial charge is 0.255 e. The van der Waals surface area contributed by atoms with E-state index in [0.717, 1.165) is 51.7 Å². The predicted molar refractivity (Wildman–Crippen MR) is 93.0 cm³/mol. The second-order valence-corrected chi connectivity index (χ2v) is 7.32. The molecule has 0 spiro atoms. The lowest BCUT2D eigenvalue weighted by molar-refractivity contribution is 0.0644. The van der Waals surface area contributed by atoms with Gasteiger partial charge in [0.25, 0.3) is 5.91 Å². The monoisotopic (exact) mass is 500 g/mol. The van der Waals surface area contributed by atoms with Gasteiger partial charge in [-0.05, 0) is 40.8 Å². The first-order chi connectivity index (χ1) is 9.11. The number of piperazine rings is 1. The van der Waals surface area contributed by atoms with Crippen molar-refractivity contribution in [2.24, 2.45) is 0 Å². The summed E-state index contributed by atoms with van der Waals surface area (Å²) < 4.78 is 1.96. The number of hydrogen-bond donors (Lipinski definition) is 0. The maximum Gasteiger partial charge on any atom is 0.255 e. The van der Waals surface area contributed by atoms with Gasteiger partial charge < -0.3 is 4.90 Å². The van der Waals surface area contributed by atoms with E-state index in [-0.39, 0.29) is 5.91 Å². The number of carbonyl (C=O) groups excluding carboxylic acids is 1. The number of nitrogens with zero attached hydrogens (tertiary/aromatic N) is 2. The minimum absolute atomic E-state index is 0.143. The number of rotatable bonds is 3. The van der Waals surface area contributed by atoms with Crippen molar-refractivity contribution in [2.45, 2.75) is 0 Å². The van der Waals surface area contributed by atoms with Gasteiger partial charge in [0.1, 0.15) is 0 Å². The molecule has 0 radical (unpaired) electrons. The summed E-state index contributed by atoms with van der Waals surface area (Å²) in [5.74, 6) is 0.143. The third-order valence-electron chi connectivity index (χ3n) is 3.22. The summed E-state index contributed by atoms with van der Waals surface area (Å²) in [6, 6.07) is 5.85. The highest BCUT2D eigenvalue weighted by atomic mass is 127. The highest BCUT2D eigenvalue weighted by Crippen LogP contribution is 2.20. The Morgan fingerprint density at radius 1 is 1.26 bits per heavy atom. The van der Waals surface area contributed by atoms with E-state index in [1.807, 2.05) is 23.1 Å². The van der Waals surface area contributed by atoms with E-state index in [1.165, 1.54) is 0 Å². The van der Waals surface area contributed by atoms with Crippen LogP contribution in [0.15, 0.2) is 22.7 Å². The Balaban J connectivity index is 2.03. The standard InChI is InChI=1S/C13H15Br2IN2O/c14-3-4-17-5-7-18(8-6-17)13(19)11-9-10(15)1-2-12(11)16/h1-2,9H,3-8H2. The maximum atomic E-state index is 12.5. The second-order valence-electron chi connectivity index (χ2n) is 4.45. The first-order valence-corrected chi connectivity index (χ1v) is 9.14. The summed E-state index contributed by atoms with van der Waals surface area (Å²) in [6.07, 6.45) is 0. The maximum absolute atomic E-state index is 12.5. The van der Waals surface area contributed by atoms with E-state index >= 15 is 0 Å². The molecule has 1 amide bonds. The predicted octanol–water partition coefficient (Wildman–Crippen LogP) is 3.21. The summed E-state index contributed by atoms with van der Waals surface area (Å²) >= 11 is 9.11. The Kier molecular flexibility index (Phi) is 6.11. The largest absolute Gasteiger partial charge is 0.336 e. The van der Waals surface area contributed by atoms with E-state index in [4.69, 9.17) is 0 Å². The first-order valence-electron chi connectivity index (χ1n) is 6.14. The molecule has 104 valence electrons. The lowest BCUT2D eigenvalue weighted by Crippen LogP contribution is -2.49. The number of benzene rings is 1. The van der Waals surface area contributed by atoms with E-state index in [1.54, 1.807) is 0 Å². The van der Waals surface area contributed by atoms with Gasteiger partial charge in [0.05, 0.1) is 5.56 Å². The highest BCUT2D eigenvalue weighted by Gasteiger charge is 2.23. The van der Waals surface area contributed by atoms with Gasteiger partial charge in [-0.25, -0.2) is 0 Å². The normalized spacial score (nSPS) is 16.7. The van der Waals surface area contributed by atoms with Crippen LogP contribution in [0.3, 0.4) is 0 Å². The third-order valence-corrected chi connectivity index (χ3v) is 5.01. The molecular formula is C13H15Br2IN2O. The Hall–Kier alpha value is 0.340. The fourth-order valence-electron chi connectivity index (χ4n) is 2.13. The number of carbonyl (C=O) groups is 1. The number of amides is 1. The molecule has 1 aromatic rings. The quantitative estimate of drug-likeness (QED) is 0.469. The molecule has 3 nitrogen and oxygen atoms in total. The molecule has 1 saturated heterocycles. The molecule has 1 aromatic carbocycles. The van der Waals surface area contributed by atoms with Gasteiger partial charge in [-0.15, -0.1) is 0 Å². The van der Waals surface area contributed by atoms with E-state index in [0.29, 0.717) is 0 Å². The van der Waals surface area contributed by atoms with Gasteiger partial charge in [0.15, 0.2) is 0 Å². The molecule has 0 aromatic heterocycles. The summed E-state index contributed by atoms with van der Waals surface area (Å²) in [6.45, 7) is 4.60. The molecule has 6 heteroatoms. The summed E-state index contributed by atoms with van der Waals surface area (Å²) in [5.41, 5.74) is 0.795. The molecule has 0 N–H and O–H groups in total. The van der Waals surface area contributed by atoms with Crippen LogP contribution in [-0.2, 0) is 0 Å². The molecule has 1 aliphatic rings. The average Bonchev–Trinajstić information content (AvgIpc) is 2.42. The average molecular weight is 502 g/mol. The van der Waals surface area contributed by atoms with Crippen molar-refractivity contribution in [1.29, 1.82) is 0 Å². The van der Waals surface area contributed by atoms with Crippen LogP contribution in [0.5, 0.6) is 0 Å². The molecule has 19 heavy (non-hydrogen) atoms. The van der Waals surface area contributed by atoms with E-state index in [9.17, 15) is 4.79 Å². The SMILES string of the molecule is O=C(c1cc(Br)ccc1I)N1CCN(CCBr)CC1. The fraction of sp³-hybridized carbons (Fsp3) is 0.462. The van der Waals surface area contributed by atoms with Crippen molar-refractivity contribution in [2.75, 3.05) is 38.1 Å². The van der Waals surface area contributed by atoms with Crippen LogP contribution in [0.4, 0.5) is 0 Å². The van der Waals surface area contributed by atoms with Gasteiger partial charge in [-0.2, -0.15) is 0 Å². The molecule has 0 saturated carbocycles. The fourth-order valence-corrected chi connectivity index (χ4v) is 3.55. The Bertz CT molecular complexity index is 462. The van der Waals surface area contributed by atoms with Gasteiger partial charge in [0, 0.05) is 46.1 Å². The lowest BCUT2D eigenvalue weighted by Gasteiger charge is -2.34. The Labute approximate surface area is 144 Å². The molecule has 0 aliphatic carbocycles. The highest BCUT2D eigenvalue weighted by molar-refractivity contribution is 14.1. The van der Waals surface area contributed by atoms with Crippen LogP contribution in [0.2, 0.25) is 0 Å². The molecular weight excluding hydrogens is 487 g/mol. The zero-order valence-electron chi connectivity index (χ0n) is 10.4. The lowest BCUT2D eigenvalue weighted by atomic mass is 10.2. The molecule has 0 atom stereocenters. The van der Waals surface area contributed by atoms with Crippen molar-refractivity contribution < 1.29 is 4.79 Å². The van der Waals surface area contributed by atoms with Crippen molar-refractivity contribution in [1.82, 2.24) is 9.80 Å². The third kappa shape index (κ3) is 4.15. The van der Waals surface area contributed by atoms with Gasteiger partial charge >= 0.3 is 0 Å². The van der Waals surface area contributed by atoms with Crippen LogP contribution in [0.1, 0.15) is 10.4 Å². The van der Waals surface area contributed by atoms with E-state index < -0.39 is 0 Å². The van der Waals surface area contributed by atoms with Crippen molar-refractivity contribution >= 4 is 60.4 Å². The number of hydrogen-bond acceptors (Lipinski definition) is 2. The van der Waals surface area contributed by atoms with Crippen LogP contribution >= 0.6 is 54.5 Å². The molecule has 1 aliphatic heterocycles. The summed E-state index contributed by atoms with van der Waals surface area (Å²) in [7, 11) is 0. The number of halogens is 3. The van der Waals surface area contributed by atoms with Crippen molar-refractivity contribution in [3.8, 4) is 0 Å². The molecule has 0 unspecified atom stereocenters. The van der Waals surface area contributed by atoms with Crippen LogP contribution < -0.4 is 0 Å². The van der Waals surface area contributed by atoms with Crippen molar-refractivity contribution in [3.05, 3.63) is 31.8 Å². The van der Waals surface area contributed by atoms with Crippen LogP contribution in [-0.4, -0.2) is 53.8 Å². The minimum Gasteiger partial charge on any atom is -0.336 e. The Morgan fingerprint density at radius 2 is 1.95 bits per heavy atom. The Morgan fingerprint density at radius 3 is 2.58 bits per heavy atom. The van der Waals surface area contributed by atoms with E-state index in [2.05, 4.69) is 59.4 Å². The zero-order chi connectivity index (χ0) is 13.8. The van der Waals surface area contributed by atoms with Gasteiger partial charge in [-0.1, -0.05) is 31.9 Å². The van der Waals surface area contributed by atoms with Gasteiger partial charge in [-0.3, -0.25) is 9.69 Å². The first kappa shape index (κ1) is 15.7. The van der Waals surface area contributed by atoms with Crippen LogP contribution in [0, 0.1) is 3.57 Å². The molecule has 2 rings (SSSR count). The van der Waals surface area contributed by atoms with Gasteiger partial charge in [0.2, 0.25) is 0 Å². The topological polar surface area (TPSA) is 23.6 Å². The molecule has 0 bridgehead atoms. The summed E-state index contributed by atoms with van der Waals surface area (Å²) in [4.78, 5) is 16.8. The molecule has 1 fully saturated rings. The minimum atomic E-state index is 0.143. The summed E-state index contributed by atoms with van der Waals surface area (Å²) in [5, 5.41) is 0.991. The number of alkyl halides is 1. The molecule has 1 heterocycles. The zero-order valence-corrected chi connectivity index (χ0v) is 15.7.